The molecular weight excluding hydrogens is 446 g/mol. The number of para-hydroxylation sites is 1. The Labute approximate surface area is 186 Å². The van der Waals surface area contributed by atoms with Gasteiger partial charge in [-0.3, -0.25) is 15.0 Å². The summed E-state index contributed by atoms with van der Waals surface area (Å²) in [7, 11) is 0. The predicted molar refractivity (Wildman–Crippen MR) is 122 cm³/mol. The maximum atomic E-state index is 12.7. The number of rotatable bonds is 5. The number of benzene rings is 2. The van der Waals surface area contributed by atoms with Crippen molar-refractivity contribution in [3.63, 3.8) is 0 Å². The minimum Gasteiger partial charge on any atom is -0.272 e. The van der Waals surface area contributed by atoms with Crippen LogP contribution in [0, 0.1) is 6.92 Å². The van der Waals surface area contributed by atoms with Crippen molar-refractivity contribution >= 4 is 68.5 Å². The summed E-state index contributed by atoms with van der Waals surface area (Å²) >= 11 is 10.8. The lowest BCUT2D eigenvalue weighted by molar-refractivity contribution is -0.132. The highest BCUT2D eigenvalue weighted by atomic mass is 35.5. The molecule has 29 heavy (non-hydrogen) atoms. The van der Waals surface area contributed by atoms with E-state index in [1.54, 1.807) is 41.3 Å². The molecule has 9 heteroatoms. The van der Waals surface area contributed by atoms with Crippen LogP contribution in [-0.4, -0.2) is 38.2 Å². The van der Waals surface area contributed by atoms with Gasteiger partial charge in [-0.15, -0.1) is 23.1 Å². The molecule has 5 nitrogen and oxygen atoms in total. The first-order valence-electron chi connectivity index (χ1n) is 8.88. The second-order valence-corrected chi connectivity index (χ2v) is 11.0. The van der Waals surface area contributed by atoms with Gasteiger partial charge < -0.3 is 0 Å². The molecule has 150 valence electrons. The molecule has 1 saturated heterocycles. The van der Waals surface area contributed by atoms with Crippen LogP contribution in [0.1, 0.15) is 22.8 Å². The third-order valence-electron chi connectivity index (χ3n) is 4.60. The Morgan fingerprint density at radius 3 is 2.90 bits per heavy atom. The normalized spacial score (nSPS) is 19.1. The first kappa shape index (κ1) is 20.5. The minimum atomic E-state index is -0.559. The van der Waals surface area contributed by atoms with E-state index in [1.165, 1.54) is 16.8 Å². The average Bonchev–Trinajstić information content (AvgIpc) is 3.25. The molecule has 1 N–H and O–H groups in total. The third-order valence-corrected chi connectivity index (χ3v) is 9.03. The fourth-order valence-corrected chi connectivity index (χ4v) is 6.49. The summed E-state index contributed by atoms with van der Waals surface area (Å²) in [5.41, 5.74) is 5.06. The van der Waals surface area contributed by atoms with Gasteiger partial charge in [0.25, 0.3) is 11.8 Å². The number of nitrogens with zero attached hydrogens (tertiary/aromatic N) is 2. The van der Waals surface area contributed by atoms with Crippen LogP contribution in [0.2, 0.25) is 5.02 Å². The summed E-state index contributed by atoms with van der Waals surface area (Å²) in [6.45, 7) is 3.81. The standard InChI is InChI=1S/C20H18ClN3O2S3/c1-12-9-13(7-8-14(12)21)18(26)23-24-17(25)10-28-20(24,2)11-27-19-22-15-5-3-4-6-16(15)29-19/h3-9H,10-11H2,1-2H3,(H,23,26). The Balaban J connectivity index is 1.48. The first-order valence-corrected chi connectivity index (χ1v) is 12.0. The van der Waals surface area contributed by atoms with E-state index >= 15 is 0 Å². The van der Waals surface area contributed by atoms with Crippen LogP contribution in [0.4, 0.5) is 0 Å². The Morgan fingerprint density at radius 1 is 1.34 bits per heavy atom. The van der Waals surface area contributed by atoms with Gasteiger partial charge in [0.05, 0.1) is 16.0 Å². The number of thiazole rings is 1. The lowest BCUT2D eigenvalue weighted by Crippen LogP contribution is -2.54. The molecule has 1 unspecified atom stereocenters. The van der Waals surface area contributed by atoms with E-state index in [0.29, 0.717) is 22.1 Å². The highest BCUT2D eigenvalue weighted by molar-refractivity contribution is 8.05. The Bertz CT molecular complexity index is 1070. The largest absolute Gasteiger partial charge is 0.272 e. The number of aromatic nitrogens is 1. The average molecular weight is 464 g/mol. The van der Waals surface area contributed by atoms with Crippen molar-refractivity contribution in [3.05, 3.63) is 58.6 Å². The van der Waals surface area contributed by atoms with Crippen LogP contribution in [0.25, 0.3) is 10.2 Å². The van der Waals surface area contributed by atoms with E-state index in [2.05, 4.69) is 10.4 Å². The van der Waals surface area contributed by atoms with Crippen LogP contribution >= 0.6 is 46.5 Å². The van der Waals surface area contributed by atoms with Crippen molar-refractivity contribution < 1.29 is 9.59 Å². The number of hydrogen-bond acceptors (Lipinski definition) is 6. The lowest BCUT2D eigenvalue weighted by atomic mass is 10.1. The number of hydrogen-bond donors (Lipinski definition) is 1. The zero-order chi connectivity index (χ0) is 20.6. The molecule has 0 aliphatic carbocycles. The van der Waals surface area contributed by atoms with Crippen LogP contribution in [0.5, 0.6) is 0 Å². The van der Waals surface area contributed by atoms with E-state index in [4.69, 9.17) is 11.6 Å². The van der Waals surface area contributed by atoms with Crippen molar-refractivity contribution in [3.8, 4) is 0 Å². The Morgan fingerprint density at radius 2 is 2.14 bits per heavy atom. The molecule has 2 amide bonds. The Kier molecular flexibility index (Phi) is 5.79. The highest BCUT2D eigenvalue weighted by Gasteiger charge is 2.44. The number of thioether (sulfide) groups is 2. The van der Waals surface area contributed by atoms with Gasteiger partial charge in [0.15, 0.2) is 4.34 Å². The minimum absolute atomic E-state index is 0.110. The van der Waals surface area contributed by atoms with Crippen molar-refractivity contribution in [2.75, 3.05) is 11.5 Å². The number of halogens is 1. The SMILES string of the molecule is Cc1cc(C(=O)NN2C(=O)CSC2(C)CSc2nc3ccccc3s2)ccc1Cl. The van der Waals surface area contributed by atoms with E-state index in [0.717, 1.165) is 20.1 Å². The van der Waals surface area contributed by atoms with Crippen molar-refractivity contribution in [2.45, 2.75) is 23.1 Å². The van der Waals surface area contributed by atoms with Gasteiger partial charge in [-0.2, -0.15) is 0 Å². The quantitative estimate of drug-likeness (QED) is 0.540. The molecule has 1 aromatic heterocycles. The smallest absolute Gasteiger partial charge is 0.269 e. The second-order valence-electron chi connectivity index (χ2n) is 6.83. The molecule has 1 fully saturated rings. The highest BCUT2D eigenvalue weighted by Crippen LogP contribution is 2.40. The van der Waals surface area contributed by atoms with E-state index < -0.39 is 4.87 Å². The van der Waals surface area contributed by atoms with Crippen LogP contribution in [0.3, 0.4) is 0 Å². The molecule has 2 aromatic carbocycles. The summed E-state index contributed by atoms with van der Waals surface area (Å²) in [5, 5.41) is 2.07. The van der Waals surface area contributed by atoms with Gasteiger partial charge in [0, 0.05) is 16.3 Å². The number of carbonyl (C=O) groups excluding carboxylic acids is 2. The number of nitrogens with one attached hydrogen (secondary N) is 1. The fourth-order valence-electron chi connectivity index (χ4n) is 2.96. The van der Waals surface area contributed by atoms with Crippen molar-refractivity contribution in [1.29, 1.82) is 0 Å². The molecule has 0 radical (unpaired) electrons. The number of hydrazine groups is 1. The summed E-state index contributed by atoms with van der Waals surface area (Å²) in [5.74, 6) is 0.512. The summed E-state index contributed by atoms with van der Waals surface area (Å²) in [4.78, 5) is 29.3. The fraction of sp³-hybridized carbons (Fsp3) is 0.250. The summed E-state index contributed by atoms with van der Waals surface area (Å²) in [6.07, 6.45) is 0. The van der Waals surface area contributed by atoms with Gasteiger partial charge in [-0.25, -0.2) is 9.99 Å². The zero-order valence-electron chi connectivity index (χ0n) is 15.8. The molecule has 1 atom stereocenters. The number of aryl methyl sites for hydroxylation is 1. The van der Waals surface area contributed by atoms with Crippen molar-refractivity contribution in [1.82, 2.24) is 15.4 Å². The van der Waals surface area contributed by atoms with Gasteiger partial charge in [0.1, 0.15) is 4.87 Å². The summed E-state index contributed by atoms with van der Waals surface area (Å²) < 4.78 is 2.09. The van der Waals surface area contributed by atoms with E-state index in [9.17, 15) is 9.59 Å². The van der Waals surface area contributed by atoms with Gasteiger partial charge in [0.2, 0.25) is 0 Å². The van der Waals surface area contributed by atoms with Crippen LogP contribution in [0.15, 0.2) is 46.8 Å². The van der Waals surface area contributed by atoms with Gasteiger partial charge >= 0.3 is 0 Å². The number of carbonyl (C=O) groups is 2. The molecule has 0 spiro atoms. The van der Waals surface area contributed by atoms with E-state index in [1.807, 2.05) is 38.1 Å². The lowest BCUT2D eigenvalue weighted by Gasteiger charge is -2.33. The monoisotopic (exact) mass is 463 g/mol. The van der Waals surface area contributed by atoms with Crippen molar-refractivity contribution in [2.24, 2.45) is 0 Å². The molecule has 2 heterocycles. The molecule has 4 rings (SSSR count). The molecule has 0 saturated carbocycles. The predicted octanol–water partition coefficient (Wildman–Crippen LogP) is 4.99. The Hall–Kier alpha value is -1.74. The summed E-state index contributed by atoms with van der Waals surface area (Å²) in [6, 6.07) is 13.1. The number of fused-ring (bicyclic) bond motifs is 1. The first-order chi connectivity index (χ1) is 13.9. The van der Waals surface area contributed by atoms with Gasteiger partial charge in [-0.05, 0) is 49.7 Å². The topological polar surface area (TPSA) is 62.3 Å². The molecule has 0 bridgehead atoms. The molecular formula is C20H18ClN3O2S3. The molecule has 1 aliphatic heterocycles. The second kappa shape index (κ2) is 8.18. The zero-order valence-corrected chi connectivity index (χ0v) is 19.0. The number of amides is 2. The molecule has 1 aliphatic rings. The maximum absolute atomic E-state index is 12.7. The van der Waals surface area contributed by atoms with Gasteiger partial charge in [-0.1, -0.05) is 35.5 Å². The van der Waals surface area contributed by atoms with Crippen LogP contribution < -0.4 is 5.43 Å². The molecule has 3 aromatic rings. The van der Waals surface area contributed by atoms with E-state index in [-0.39, 0.29) is 11.8 Å². The maximum Gasteiger partial charge on any atom is 0.269 e. The van der Waals surface area contributed by atoms with Crippen LogP contribution in [-0.2, 0) is 4.79 Å². The third kappa shape index (κ3) is 4.26.